The molecule has 1 aromatic rings. The minimum atomic E-state index is -1.10. The SMILES string of the molecule is CC1C(=O)NC(=O)CN1c1cc(C(=O)O)ccc1N. The Morgan fingerprint density at radius 1 is 1.47 bits per heavy atom. The Labute approximate surface area is 109 Å². The second-order valence-electron chi connectivity index (χ2n) is 4.30. The molecule has 2 amide bonds. The summed E-state index contributed by atoms with van der Waals surface area (Å²) in [6.45, 7) is 1.58. The van der Waals surface area contributed by atoms with Gasteiger partial charge in [0.15, 0.2) is 0 Å². The van der Waals surface area contributed by atoms with Crippen molar-refractivity contribution in [3.8, 4) is 0 Å². The van der Waals surface area contributed by atoms with E-state index in [9.17, 15) is 14.4 Å². The van der Waals surface area contributed by atoms with Gasteiger partial charge in [0.2, 0.25) is 11.8 Å². The van der Waals surface area contributed by atoms with Gasteiger partial charge in [-0.25, -0.2) is 4.79 Å². The molecule has 0 radical (unpaired) electrons. The van der Waals surface area contributed by atoms with Crippen molar-refractivity contribution in [2.45, 2.75) is 13.0 Å². The van der Waals surface area contributed by atoms with Crippen LogP contribution < -0.4 is 16.0 Å². The fourth-order valence-electron chi connectivity index (χ4n) is 1.93. The van der Waals surface area contributed by atoms with Crippen LogP contribution in [0.15, 0.2) is 18.2 Å². The topological polar surface area (TPSA) is 113 Å². The van der Waals surface area contributed by atoms with Crippen LogP contribution in [0.2, 0.25) is 0 Å². The lowest BCUT2D eigenvalue weighted by Gasteiger charge is -2.34. The fraction of sp³-hybridized carbons (Fsp3) is 0.250. The molecule has 100 valence electrons. The van der Waals surface area contributed by atoms with Crippen LogP contribution in [0.5, 0.6) is 0 Å². The van der Waals surface area contributed by atoms with Gasteiger partial charge in [0.05, 0.1) is 23.5 Å². The monoisotopic (exact) mass is 263 g/mol. The van der Waals surface area contributed by atoms with E-state index in [-0.39, 0.29) is 12.1 Å². The zero-order chi connectivity index (χ0) is 14.2. The molecule has 4 N–H and O–H groups in total. The van der Waals surface area contributed by atoms with E-state index in [0.29, 0.717) is 11.4 Å². The number of carbonyl (C=O) groups is 3. The molecule has 0 aromatic heterocycles. The Kier molecular flexibility index (Phi) is 3.12. The number of carbonyl (C=O) groups excluding carboxylic acids is 2. The number of piperazine rings is 1. The summed E-state index contributed by atoms with van der Waals surface area (Å²) in [6, 6.07) is 3.59. The molecule has 1 aliphatic rings. The maximum Gasteiger partial charge on any atom is 0.335 e. The number of nitrogens with one attached hydrogen (secondary N) is 1. The van der Waals surface area contributed by atoms with Gasteiger partial charge in [-0.1, -0.05) is 0 Å². The number of benzene rings is 1. The first-order valence-corrected chi connectivity index (χ1v) is 5.63. The van der Waals surface area contributed by atoms with Gasteiger partial charge in [-0.15, -0.1) is 0 Å². The molecule has 7 nitrogen and oxygen atoms in total. The molecule has 0 bridgehead atoms. The third-order valence-corrected chi connectivity index (χ3v) is 3.01. The fourth-order valence-corrected chi connectivity index (χ4v) is 1.93. The summed E-state index contributed by atoms with van der Waals surface area (Å²) >= 11 is 0. The summed E-state index contributed by atoms with van der Waals surface area (Å²) < 4.78 is 0. The number of anilines is 2. The number of aromatic carboxylic acids is 1. The van der Waals surface area contributed by atoms with Crippen LogP contribution in [0.25, 0.3) is 0 Å². The number of imide groups is 1. The van der Waals surface area contributed by atoms with Crippen LogP contribution in [0.3, 0.4) is 0 Å². The van der Waals surface area contributed by atoms with Crippen molar-refractivity contribution >= 4 is 29.2 Å². The van der Waals surface area contributed by atoms with Gasteiger partial charge in [-0.2, -0.15) is 0 Å². The summed E-state index contributed by atoms with van der Waals surface area (Å²) in [5, 5.41) is 11.2. The first-order valence-electron chi connectivity index (χ1n) is 5.63. The summed E-state index contributed by atoms with van der Waals surface area (Å²) in [6.07, 6.45) is 0. The van der Waals surface area contributed by atoms with E-state index in [1.807, 2.05) is 0 Å². The van der Waals surface area contributed by atoms with Gasteiger partial charge < -0.3 is 15.7 Å². The molecular weight excluding hydrogens is 250 g/mol. The molecular formula is C12H13N3O4. The molecule has 1 aliphatic heterocycles. The third kappa shape index (κ3) is 2.35. The number of amides is 2. The minimum absolute atomic E-state index is 0.0415. The van der Waals surface area contributed by atoms with Crippen LogP contribution in [-0.2, 0) is 9.59 Å². The lowest BCUT2D eigenvalue weighted by atomic mass is 10.1. The average Bonchev–Trinajstić information content (AvgIpc) is 2.34. The number of carboxylic acids is 1. The van der Waals surface area contributed by atoms with Crippen molar-refractivity contribution in [2.24, 2.45) is 0 Å². The third-order valence-electron chi connectivity index (χ3n) is 3.01. The van der Waals surface area contributed by atoms with E-state index in [2.05, 4.69) is 5.32 Å². The smallest absolute Gasteiger partial charge is 0.335 e. The summed E-state index contributed by atoms with van der Waals surface area (Å²) in [5.41, 5.74) is 6.54. The quantitative estimate of drug-likeness (QED) is 0.504. The Morgan fingerprint density at radius 2 is 2.16 bits per heavy atom. The highest BCUT2D eigenvalue weighted by Crippen LogP contribution is 2.27. The summed E-state index contributed by atoms with van der Waals surface area (Å²) in [4.78, 5) is 35.4. The van der Waals surface area contributed by atoms with E-state index in [1.165, 1.54) is 23.1 Å². The van der Waals surface area contributed by atoms with E-state index >= 15 is 0 Å². The summed E-state index contributed by atoms with van der Waals surface area (Å²) in [7, 11) is 0. The number of nitrogen functional groups attached to an aromatic ring is 1. The predicted octanol–water partition coefficient (Wildman–Crippen LogP) is -0.182. The molecule has 0 saturated carbocycles. The van der Waals surface area contributed by atoms with Crippen molar-refractivity contribution in [3.63, 3.8) is 0 Å². The molecule has 1 heterocycles. The van der Waals surface area contributed by atoms with E-state index in [4.69, 9.17) is 10.8 Å². The van der Waals surface area contributed by atoms with Gasteiger partial charge >= 0.3 is 5.97 Å². The van der Waals surface area contributed by atoms with Crippen molar-refractivity contribution in [1.29, 1.82) is 0 Å². The first-order chi connectivity index (χ1) is 8.90. The van der Waals surface area contributed by atoms with Gasteiger partial charge in [0.25, 0.3) is 0 Å². The first kappa shape index (κ1) is 12.9. The maximum atomic E-state index is 11.6. The molecule has 1 aromatic carbocycles. The number of hydrogen-bond acceptors (Lipinski definition) is 5. The highest BCUT2D eigenvalue weighted by Gasteiger charge is 2.31. The molecule has 0 spiro atoms. The zero-order valence-corrected chi connectivity index (χ0v) is 10.2. The molecule has 1 atom stereocenters. The average molecular weight is 263 g/mol. The Balaban J connectivity index is 2.44. The van der Waals surface area contributed by atoms with Gasteiger partial charge in [-0.05, 0) is 25.1 Å². The molecule has 0 aliphatic carbocycles. The van der Waals surface area contributed by atoms with Crippen LogP contribution in [0, 0.1) is 0 Å². The normalized spacial score (nSPS) is 19.2. The second-order valence-corrected chi connectivity index (χ2v) is 4.30. The molecule has 1 fully saturated rings. The van der Waals surface area contributed by atoms with Crippen molar-refractivity contribution in [2.75, 3.05) is 17.2 Å². The Morgan fingerprint density at radius 3 is 2.79 bits per heavy atom. The van der Waals surface area contributed by atoms with Gasteiger partial charge in [0, 0.05) is 0 Å². The lowest BCUT2D eigenvalue weighted by Crippen LogP contribution is -2.57. The van der Waals surface area contributed by atoms with E-state index < -0.39 is 23.8 Å². The molecule has 1 unspecified atom stereocenters. The van der Waals surface area contributed by atoms with E-state index in [1.54, 1.807) is 6.92 Å². The van der Waals surface area contributed by atoms with Crippen LogP contribution >= 0.6 is 0 Å². The summed E-state index contributed by atoms with van der Waals surface area (Å²) in [5.74, 6) is -1.97. The molecule has 2 rings (SSSR count). The Bertz CT molecular complexity index is 570. The number of nitrogens with two attached hydrogens (primary N) is 1. The standard InChI is InChI=1S/C12H13N3O4/c1-6-11(17)14-10(16)5-15(6)9-4-7(12(18)19)2-3-8(9)13/h2-4,6H,5,13H2,1H3,(H,18,19)(H,14,16,17). The van der Waals surface area contributed by atoms with Gasteiger partial charge in [0.1, 0.15) is 6.04 Å². The predicted molar refractivity (Wildman–Crippen MR) is 67.8 cm³/mol. The number of rotatable bonds is 2. The number of hydrogen-bond donors (Lipinski definition) is 3. The van der Waals surface area contributed by atoms with Crippen LogP contribution in [-0.4, -0.2) is 35.5 Å². The zero-order valence-electron chi connectivity index (χ0n) is 10.2. The van der Waals surface area contributed by atoms with Crippen molar-refractivity contribution in [1.82, 2.24) is 5.32 Å². The highest BCUT2D eigenvalue weighted by atomic mass is 16.4. The van der Waals surface area contributed by atoms with Crippen molar-refractivity contribution < 1.29 is 19.5 Å². The molecule has 7 heteroatoms. The number of carboxylic acid groups (broad SMARTS) is 1. The van der Waals surface area contributed by atoms with Gasteiger partial charge in [-0.3, -0.25) is 14.9 Å². The largest absolute Gasteiger partial charge is 0.478 e. The minimum Gasteiger partial charge on any atom is -0.478 e. The van der Waals surface area contributed by atoms with Crippen LogP contribution in [0.4, 0.5) is 11.4 Å². The Hall–Kier alpha value is -2.57. The second kappa shape index (κ2) is 4.60. The van der Waals surface area contributed by atoms with E-state index in [0.717, 1.165) is 0 Å². The highest BCUT2D eigenvalue weighted by molar-refractivity contribution is 6.05. The van der Waals surface area contributed by atoms with Crippen LogP contribution in [0.1, 0.15) is 17.3 Å². The maximum absolute atomic E-state index is 11.6. The molecule has 1 saturated heterocycles. The lowest BCUT2D eigenvalue weighted by molar-refractivity contribution is -0.132. The number of nitrogens with zero attached hydrogens (tertiary/aromatic N) is 1. The molecule has 19 heavy (non-hydrogen) atoms. The van der Waals surface area contributed by atoms with Crippen molar-refractivity contribution in [3.05, 3.63) is 23.8 Å².